The number of fused-ring (bicyclic) bond motifs is 5. The minimum absolute atomic E-state index is 0.0371. The fourth-order valence-corrected chi connectivity index (χ4v) is 7.55. The summed E-state index contributed by atoms with van der Waals surface area (Å²) in [4.78, 5) is 52.0. The first-order valence-electron chi connectivity index (χ1n) is 13.6. The topological polar surface area (TPSA) is 317 Å². The lowest BCUT2D eigenvalue weighted by Gasteiger charge is -2.25. The van der Waals surface area contributed by atoms with Gasteiger partial charge in [-0.2, -0.15) is 4.98 Å². The molecule has 3 fully saturated rings. The molecule has 9 N–H and O–H groups in total. The van der Waals surface area contributed by atoms with Crippen LogP contribution in [0.1, 0.15) is 18.0 Å². The molecule has 0 spiro atoms. The van der Waals surface area contributed by atoms with Gasteiger partial charge in [-0.1, -0.05) is 5.92 Å². The third kappa shape index (κ3) is 5.51. The number of terminal acetylenes is 1. The van der Waals surface area contributed by atoms with Crippen molar-refractivity contribution >= 4 is 49.6 Å². The fourth-order valence-electron chi connectivity index (χ4n) is 5.65. The molecule has 0 aliphatic carbocycles. The Morgan fingerprint density at radius 3 is 2.34 bits per heavy atom. The molecule has 0 amide bonds. The van der Waals surface area contributed by atoms with Crippen molar-refractivity contribution in [2.24, 2.45) is 0 Å². The standard InChI is InChI=1S/C23H25N9O13P2/c1-2-8-3-31(18-11(8)17(24)26-6-27-18)21-14(34)15-10(43-21)5-41-47(38,39)45-16-13(33)9(4-40-46(36,37)44-15)42-22(16)32-7-28-12-19(32)29-23(25)30-20(12)35/h1,3,6-7,9-10,13-16,21-22,33-34H,4-5H2,(H,36,37)(H,38,39)(H2,24,26,27)(H3,25,29,30,35)/t9-,10-,13-,14-,15-,16-,21-,22-/m1/s1. The zero-order valence-corrected chi connectivity index (χ0v) is 25.3. The van der Waals surface area contributed by atoms with E-state index in [2.05, 4.69) is 30.8 Å². The molecule has 47 heavy (non-hydrogen) atoms. The second-order valence-corrected chi connectivity index (χ2v) is 13.4. The number of H-pyrrole nitrogens is 1. The van der Waals surface area contributed by atoms with E-state index in [4.69, 9.17) is 45.5 Å². The first-order chi connectivity index (χ1) is 22.3. The number of aliphatic hydroxyl groups excluding tert-OH is 2. The van der Waals surface area contributed by atoms with Gasteiger partial charge in [0.25, 0.3) is 5.56 Å². The van der Waals surface area contributed by atoms with Crippen molar-refractivity contribution in [3.8, 4) is 12.3 Å². The molecule has 0 radical (unpaired) electrons. The van der Waals surface area contributed by atoms with Crippen molar-refractivity contribution in [1.29, 1.82) is 0 Å². The number of nitrogen functional groups attached to an aromatic ring is 2. The zero-order chi connectivity index (χ0) is 33.4. The van der Waals surface area contributed by atoms with E-state index in [1.165, 1.54) is 10.8 Å². The van der Waals surface area contributed by atoms with Gasteiger partial charge in [0.2, 0.25) is 5.95 Å². The summed E-state index contributed by atoms with van der Waals surface area (Å²) in [7, 11) is -10.2. The summed E-state index contributed by atoms with van der Waals surface area (Å²) in [6.45, 7) is -1.68. The maximum atomic E-state index is 13.3. The molecule has 3 aliphatic rings. The minimum atomic E-state index is -5.14. The number of ether oxygens (including phenoxy) is 2. The van der Waals surface area contributed by atoms with E-state index in [-0.39, 0.29) is 39.5 Å². The van der Waals surface area contributed by atoms with Crippen LogP contribution in [0.15, 0.2) is 23.6 Å². The number of aliphatic hydroxyl groups is 2. The molecule has 22 nitrogen and oxygen atoms in total. The number of hydrogen-bond donors (Lipinski definition) is 7. The SMILES string of the molecule is C#Cc1cn([C@@H]2O[C@@H]3COP(=O)(O)O[C@@H]4[C@H](O)[C@@H](COP(=O)(O)O[C@H]3[C@H]2O)O[C@H]4n2cnc3c(=O)[nH]c(N)nc32)c2ncnc(N)c12. The highest BCUT2D eigenvalue weighted by atomic mass is 31.2. The molecule has 2 unspecified atom stereocenters. The number of hydrogen-bond acceptors (Lipinski definition) is 17. The van der Waals surface area contributed by atoms with Crippen LogP contribution in [0.4, 0.5) is 11.8 Å². The molecule has 250 valence electrons. The summed E-state index contributed by atoms with van der Waals surface area (Å²) < 4.78 is 61.4. The number of phosphoric acid groups is 2. The molecule has 7 rings (SSSR count). The van der Waals surface area contributed by atoms with Crippen LogP contribution in [0.25, 0.3) is 22.2 Å². The van der Waals surface area contributed by atoms with Gasteiger partial charge in [-0.3, -0.25) is 32.4 Å². The van der Waals surface area contributed by atoms with E-state index in [9.17, 15) is 33.9 Å². The number of nitrogens with two attached hydrogens (primary N) is 2. The molecule has 3 aliphatic heterocycles. The van der Waals surface area contributed by atoms with E-state index in [1.54, 1.807) is 0 Å². The van der Waals surface area contributed by atoms with Gasteiger partial charge in [-0.25, -0.2) is 24.1 Å². The van der Waals surface area contributed by atoms with Crippen LogP contribution in [-0.2, 0) is 36.7 Å². The lowest BCUT2D eigenvalue weighted by atomic mass is 10.1. The number of imidazole rings is 1. The van der Waals surface area contributed by atoms with Crippen LogP contribution in [0.3, 0.4) is 0 Å². The smallest absolute Gasteiger partial charge is 0.387 e. The second-order valence-electron chi connectivity index (χ2n) is 10.6. The number of aromatic amines is 1. The fraction of sp³-hybridized carbons (Fsp3) is 0.435. The van der Waals surface area contributed by atoms with Crippen LogP contribution in [0.2, 0.25) is 0 Å². The molecule has 0 aromatic carbocycles. The molecule has 4 aromatic heterocycles. The van der Waals surface area contributed by atoms with Gasteiger partial charge in [-0.15, -0.1) is 6.42 Å². The first-order valence-corrected chi connectivity index (χ1v) is 16.5. The Bertz CT molecular complexity index is 2080. The molecular formula is C23H25N9O13P2. The predicted octanol–water partition coefficient (Wildman–Crippen LogP) is -1.76. The summed E-state index contributed by atoms with van der Waals surface area (Å²) in [5, 5.41) is 22.6. The van der Waals surface area contributed by atoms with Crippen LogP contribution in [0.5, 0.6) is 0 Å². The van der Waals surface area contributed by atoms with Crippen LogP contribution in [-0.4, -0.2) is 104 Å². The Morgan fingerprint density at radius 1 is 0.936 bits per heavy atom. The van der Waals surface area contributed by atoms with E-state index in [1.807, 2.05) is 0 Å². The lowest BCUT2D eigenvalue weighted by molar-refractivity contribution is -0.0671. The molecule has 2 bridgehead atoms. The summed E-state index contributed by atoms with van der Waals surface area (Å²) in [5.41, 5.74) is 11.0. The van der Waals surface area contributed by atoms with Crippen molar-refractivity contribution in [3.63, 3.8) is 0 Å². The molecule has 10 atom stereocenters. The summed E-state index contributed by atoms with van der Waals surface area (Å²) in [6.07, 6.45) is -3.63. The highest BCUT2D eigenvalue weighted by Gasteiger charge is 2.54. The number of aromatic nitrogens is 7. The number of rotatable bonds is 2. The Kier molecular flexibility index (Phi) is 7.72. The Labute approximate surface area is 261 Å². The van der Waals surface area contributed by atoms with Gasteiger partial charge in [0, 0.05) is 6.20 Å². The molecule has 7 heterocycles. The highest BCUT2D eigenvalue weighted by Crippen LogP contribution is 2.53. The molecule has 24 heteroatoms. The lowest BCUT2D eigenvalue weighted by Crippen LogP contribution is -2.36. The molecular weight excluding hydrogens is 672 g/mol. The average Bonchev–Trinajstić information content (AvgIpc) is 3.75. The van der Waals surface area contributed by atoms with Gasteiger partial charge in [-0.05, 0) is 0 Å². The van der Waals surface area contributed by atoms with E-state index >= 15 is 0 Å². The maximum absolute atomic E-state index is 13.3. The zero-order valence-electron chi connectivity index (χ0n) is 23.5. The molecule has 3 saturated heterocycles. The second kappa shape index (κ2) is 11.4. The summed E-state index contributed by atoms with van der Waals surface area (Å²) >= 11 is 0. The Morgan fingerprint density at radius 2 is 1.62 bits per heavy atom. The molecule has 0 saturated carbocycles. The van der Waals surface area contributed by atoms with Crippen molar-refractivity contribution in [2.45, 2.75) is 49.1 Å². The van der Waals surface area contributed by atoms with E-state index < -0.39 is 83.5 Å². The Hall–Kier alpha value is -3.81. The van der Waals surface area contributed by atoms with Crippen LogP contribution in [0, 0.1) is 12.3 Å². The van der Waals surface area contributed by atoms with Gasteiger partial charge in [0.05, 0.1) is 30.5 Å². The normalized spacial score (nSPS) is 36.4. The summed E-state index contributed by atoms with van der Waals surface area (Å²) in [6, 6.07) is 0. The number of anilines is 2. The van der Waals surface area contributed by atoms with Crippen molar-refractivity contribution in [3.05, 3.63) is 34.8 Å². The first kappa shape index (κ1) is 31.8. The third-order valence-corrected chi connectivity index (χ3v) is 9.70. The minimum Gasteiger partial charge on any atom is -0.387 e. The van der Waals surface area contributed by atoms with Crippen LogP contribution >= 0.6 is 15.6 Å². The predicted molar refractivity (Wildman–Crippen MR) is 154 cm³/mol. The largest absolute Gasteiger partial charge is 0.472 e. The van der Waals surface area contributed by atoms with E-state index in [0.717, 1.165) is 17.2 Å². The van der Waals surface area contributed by atoms with Crippen molar-refractivity contribution in [1.82, 2.24) is 34.1 Å². The average molecular weight is 697 g/mol. The highest BCUT2D eigenvalue weighted by molar-refractivity contribution is 7.47. The van der Waals surface area contributed by atoms with E-state index in [0.29, 0.717) is 0 Å². The van der Waals surface area contributed by atoms with Gasteiger partial charge >= 0.3 is 15.6 Å². The van der Waals surface area contributed by atoms with Crippen LogP contribution < -0.4 is 17.0 Å². The van der Waals surface area contributed by atoms with Gasteiger partial charge in [0.1, 0.15) is 54.4 Å². The third-order valence-electron chi connectivity index (χ3n) is 7.73. The van der Waals surface area contributed by atoms with Gasteiger partial charge in [0.15, 0.2) is 23.6 Å². The maximum Gasteiger partial charge on any atom is 0.472 e. The molecule has 4 aromatic rings. The van der Waals surface area contributed by atoms with Gasteiger partial charge < -0.3 is 45.5 Å². The quantitative estimate of drug-likeness (QED) is 0.0901. The van der Waals surface area contributed by atoms with Crippen molar-refractivity contribution < 1.29 is 56.7 Å². The number of nitrogens with zero attached hydrogens (tertiary/aromatic N) is 6. The number of phosphoric ester groups is 2. The number of nitrogens with one attached hydrogen (secondary N) is 1. The monoisotopic (exact) mass is 697 g/mol. The summed E-state index contributed by atoms with van der Waals surface area (Å²) in [5.74, 6) is 2.18. The van der Waals surface area contributed by atoms with Crippen molar-refractivity contribution in [2.75, 3.05) is 24.7 Å². The Balaban J connectivity index is 1.22.